The molecule has 1 heterocycles. The predicted octanol–water partition coefficient (Wildman–Crippen LogP) is 5.67. The van der Waals surface area contributed by atoms with E-state index in [9.17, 15) is 9.59 Å². The molecular weight excluding hydrogens is 606 g/mol. The molecule has 0 bridgehead atoms. The van der Waals surface area contributed by atoms with Crippen molar-refractivity contribution in [2.45, 2.75) is 13.3 Å². The number of ether oxygens (including phenoxy) is 2. The van der Waals surface area contributed by atoms with E-state index in [1.807, 2.05) is 43.3 Å². The first-order chi connectivity index (χ1) is 18.9. The lowest BCUT2D eigenvalue weighted by atomic mass is 10.1. The van der Waals surface area contributed by atoms with Gasteiger partial charge in [0.1, 0.15) is 29.7 Å². The summed E-state index contributed by atoms with van der Waals surface area (Å²) in [5.41, 5.74) is 4.44. The van der Waals surface area contributed by atoms with Crippen molar-refractivity contribution in [3.8, 4) is 11.5 Å². The third-order valence-corrected chi connectivity index (χ3v) is 6.78. The monoisotopic (exact) mass is 627 g/mol. The van der Waals surface area contributed by atoms with E-state index in [4.69, 9.17) is 21.1 Å². The summed E-state index contributed by atoms with van der Waals surface area (Å²) < 4.78 is 12.5. The lowest BCUT2D eigenvalue weighted by Gasteiger charge is -2.11. The zero-order valence-corrected chi connectivity index (χ0v) is 23.8. The molecule has 0 atom stereocenters. The van der Waals surface area contributed by atoms with Crippen LogP contribution in [0.25, 0.3) is 0 Å². The molecule has 0 unspecified atom stereocenters. The van der Waals surface area contributed by atoms with E-state index in [1.165, 1.54) is 6.21 Å². The summed E-state index contributed by atoms with van der Waals surface area (Å²) >= 11 is 10.6. The highest BCUT2D eigenvalue weighted by molar-refractivity contribution is 9.10. The van der Waals surface area contributed by atoms with Gasteiger partial charge in [-0.1, -0.05) is 57.1 Å². The van der Waals surface area contributed by atoms with Gasteiger partial charge in [0, 0.05) is 20.6 Å². The molecule has 0 radical (unpaired) electrons. The number of aromatic nitrogens is 2. The molecule has 4 aromatic rings. The highest BCUT2D eigenvalue weighted by Crippen LogP contribution is 2.22. The first-order valence-corrected chi connectivity index (χ1v) is 13.7. The second kappa shape index (κ2) is 13.8. The van der Waals surface area contributed by atoms with Crippen LogP contribution >= 0.6 is 38.9 Å². The summed E-state index contributed by atoms with van der Waals surface area (Å²) in [4.78, 5) is 24.8. The van der Waals surface area contributed by atoms with Crippen molar-refractivity contribution in [3.05, 3.63) is 97.9 Å². The lowest BCUT2D eigenvalue weighted by molar-refractivity contribution is -0.120. The summed E-state index contributed by atoms with van der Waals surface area (Å²) in [5.74, 6) is 0.587. The first kappa shape index (κ1) is 28.2. The molecule has 3 aromatic carbocycles. The maximum atomic E-state index is 12.5. The molecule has 200 valence electrons. The Morgan fingerprint density at radius 2 is 1.82 bits per heavy atom. The average molecular weight is 629 g/mol. The fourth-order valence-corrected chi connectivity index (χ4v) is 4.49. The molecule has 4 rings (SSSR count). The number of halogens is 2. The van der Waals surface area contributed by atoms with E-state index in [-0.39, 0.29) is 12.3 Å². The number of benzene rings is 3. The number of hydrogen-bond donors (Lipinski definition) is 2. The standard InChI is InChI=1S/C27H23BrClN5O4S/c1-17-4-2-3-5-22(17)26(36)31-27-34-33-25(39-27)15-24(35)32-30-16-18-14-20(29)8-11-23(18)38-13-12-37-21-9-6-19(28)7-10-21/h2-11,14,16H,12-13,15H2,1H3,(H,32,35)(H,31,34,36)/b30-16+. The molecule has 0 aliphatic carbocycles. The predicted molar refractivity (Wildman–Crippen MR) is 155 cm³/mol. The molecule has 0 saturated heterocycles. The molecule has 0 saturated carbocycles. The topological polar surface area (TPSA) is 115 Å². The van der Waals surface area contributed by atoms with Crippen LogP contribution in [0.4, 0.5) is 5.13 Å². The average Bonchev–Trinajstić information content (AvgIpc) is 3.35. The van der Waals surface area contributed by atoms with Gasteiger partial charge in [-0.05, 0) is 61.0 Å². The number of anilines is 1. The maximum absolute atomic E-state index is 12.5. The third kappa shape index (κ3) is 8.60. The number of carbonyl (C=O) groups is 2. The highest BCUT2D eigenvalue weighted by Gasteiger charge is 2.14. The van der Waals surface area contributed by atoms with Gasteiger partial charge in [0.15, 0.2) is 0 Å². The van der Waals surface area contributed by atoms with E-state index >= 15 is 0 Å². The fourth-order valence-electron chi connectivity index (χ4n) is 3.31. The molecular formula is C27H23BrClN5O4S. The van der Waals surface area contributed by atoms with Gasteiger partial charge in [0.25, 0.3) is 5.91 Å². The molecule has 0 aliphatic heterocycles. The first-order valence-electron chi connectivity index (χ1n) is 11.7. The number of rotatable bonds is 11. The Morgan fingerprint density at radius 3 is 2.62 bits per heavy atom. The second-order valence-electron chi connectivity index (χ2n) is 8.07. The molecule has 12 heteroatoms. The van der Waals surface area contributed by atoms with E-state index in [0.29, 0.717) is 45.3 Å². The highest BCUT2D eigenvalue weighted by atomic mass is 79.9. The number of nitrogens with zero attached hydrogens (tertiary/aromatic N) is 3. The summed E-state index contributed by atoms with van der Waals surface area (Å²) in [6, 6.07) is 19.8. The number of aryl methyl sites for hydroxylation is 1. The van der Waals surface area contributed by atoms with Crippen LogP contribution in [0, 0.1) is 6.92 Å². The van der Waals surface area contributed by atoms with Crippen LogP contribution in [-0.4, -0.2) is 41.4 Å². The summed E-state index contributed by atoms with van der Waals surface area (Å²) in [6.07, 6.45) is 1.39. The largest absolute Gasteiger partial charge is 0.490 e. The Kier molecular flexibility index (Phi) is 10.0. The molecule has 0 fully saturated rings. The SMILES string of the molecule is Cc1ccccc1C(=O)Nc1nnc(CC(=O)N/N=C/c2cc(Cl)ccc2OCCOc2ccc(Br)cc2)s1. The molecule has 2 N–H and O–H groups in total. The minimum absolute atomic E-state index is 0.0540. The van der Waals surface area contributed by atoms with Gasteiger partial charge in [-0.25, -0.2) is 5.43 Å². The van der Waals surface area contributed by atoms with Crippen LogP contribution in [0.3, 0.4) is 0 Å². The minimum atomic E-state index is -0.397. The van der Waals surface area contributed by atoms with Crippen molar-refractivity contribution in [1.29, 1.82) is 0 Å². The Bertz CT molecular complexity index is 1480. The van der Waals surface area contributed by atoms with Crippen molar-refractivity contribution in [3.63, 3.8) is 0 Å². The van der Waals surface area contributed by atoms with Crippen LogP contribution < -0.4 is 20.2 Å². The van der Waals surface area contributed by atoms with Gasteiger partial charge in [-0.15, -0.1) is 10.2 Å². The number of nitrogens with one attached hydrogen (secondary N) is 2. The second-order valence-corrected chi connectivity index (χ2v) is 10.5. The van der Waals surface area contributed by atoms with Gasteiger partial charge in [-0.2, -0.15) is 5.10 Å². The Labute approximate surface area is 242 Å². The van der Waals surface area contributed by atoms with E-state index in [1.54, 1.807) is 30.3 Å². The quantitative estimate of drug-likeness (QED) is 0.126. The fraction of sp³-hybridized carbons (Fsp3) is 0.148. The molecule has 0 spiro atoms. The zero-order chi connectivity index (χ0) is 27.6. The van der Waals surface area contributed by atoms with Gasteiger partial charge in [0.05, 0.1) is 12.6 Å². The summed E-state index contributed by atoms with van der Waals surface area (Å²) in [5, 5.41) is 15.9. The van der Waals surface area contributed by atoms with Gasteiger partial charge in [-0.3, -0.25) is 14.9 Å². The zero-order valence-electron chi connectivity index (χ0n) is 20.7. The van der Waals surface area contributed by atoms with Crippen molar-refractivity contribution in [1.82, 2.24) is 15.6 Å². The minimum Gasteiger partial charge on any atom is -0.490 e. The molecule has 0 aliphatic rings. The Balaban J connectivity index is 1.26. The lowest BCUT2D eigenvalue weighted by Crippen LogP contribution is -2.19. The molecule has 9 nitrogen and oxygen atoms in total. The van der Waals surface area contributed by atoms with Crippen LogP contribution in [0.15, 0.2) is 76.3 Å². The van der Waals surface area contributed by atoms with Gasteiger partial charge < -0.3 is 9.47 Å². The third-order valence-electron chi connectivity index (χ3n) is 5.18. The Morgan fingerprint density at radius 1 is 1.05 bits per heavy atom. The van der Waals surface area contributed by atoms with Crippen LogP contribution in [0.5, 0.6) is 11.5 Å². The normalized spacial score (nSPS) is 10.8. The smallest absolute Gasteiger partial charge is 0.257 e. The van der Waals surface area contributed by atoms with Crippen LogP contribution in [0.1, 0.15) is 26.5 Å². The van der Waals surface area contributed by atoms with E-state index in [2.05, 4.69) is 42.0 Å². The van der Waals surface area contributed by atoms with E-state index in [0.717, 1.165) is 27.1 Å². The number of amides is 2. The van der Waals surface area contributed by atoms with Crippen molar-refractivity contribution in [2.75, 3.05) is 18.5 Å². The number of hydrazone groups is 1. The summed E-state index contributed by atoms with van der Waals surface area (Å²) in [7, 11) is 0. The molecule has 39 heavy (non-hydrogen) atoms. The number of hydrogen-bond acceptors (Lipinski definition) is 8. The molecule has 1 aromatic heterocycles. The van der Waals surface area contributed by atoms with Crippen LogP contribution in [-0.2, 0) is 11.2 Å². The molecule has 2 amide bonds. The van der Waals surface area contributed by atoms with Gasteiger partial charge in [0.2, 0.25) is 11.0 Å². The summed E-state index contributed by atoms with van der Waals surface area (Å²) in [6.45, 7) is 2.49. The van der Waals surface area contributed by atoms with Crippen molar-refractivity contribution < 1.29 is 19.1 Å². The van der Waals surface area contributed by atoms with Crippen molar-refractivity contribution in [2.24, 2.45) is 5.10 Å². The van der Waals surface area contributed by atoms with Crippen molar-refractivity contribution >= 4 is 62.0 Å². The Hall–Kier alpha value is -3.80. The van der Waals surface area contributed by atoms with Crippen LogP contribution in [0.2, 0.25) is 5.02 Å². The maximum Gasteiger partial charge on any atom is 0.257 e. The number of carbonyl (C=O) groups excluding carboxylic acids is 2. The van der Waals surface area contributed by atoms with Gasteiger partial charge >= 0.3 is 0 Å². The van der Waals surface area contributed by atoms with E-state index < -0.39 is 5.91 Å².